The zero-order valence-electron chi connectivity index (χ0n) is 15.2. The van der Waals surface area contributed by atoms with Crippen molar-refractivity contribution >= 4 is 23.0 Å². The first-order valence-corrected chi connectivity index (χ1v) is 8.67. The second kappa shape index (κ2) is 7.39. The minimum absolute atomic E-state index is 0.167. The molecular weight excluding hydrogens is 328 g/mol. The van der Waals surface area contributed by atoms with Gasteiger partial charge >= 0.3 is 0 Å². The molecule has 0 radical (unpaired) electrons. The summed E-state index contributed by atoms with van der Waals surface area (Å²) >= 11 is 0. The quantitative estimate of drug-likeness (QED) is 0.710. The Labute approximate surface area is 152 Å². The highest BCUT2D eigenvalue weighted by Gasteiger charge is 2.25. The van der Waals surface area contributed by atoms with Crippen LogP contribution in [0, 0.1) is 0 Å². The molecule has 1 aromatic carbocycles. The molecular formula is C20H22N4O2. The van der Waals surface area contributed by atoms with Crippen LogP contribution in [0.3, 0.4) is 0 Å². The van der Waals surface area contributed by atoms with Crippen LogP contribution in [0.2, 0.25) is 0 Å². The molecule has 0 unspecified atom stereocenters. The third kappa shape index (κ3) is 3.06. The lowest BCUT2D eigenvalue weighted by Crippen LogP contribution is -2.31. The van der Waals surface area contributed by atoms with Gasteiger partial charge in [-0.05, 0) is 38.1 Å². The van der Waals surface area contributed by atoms with Gasteiger partial charge in [-0.15, -0.1) is 0 Å². The number of benzene rings is 1. The Morgan fingerprint density at radius 2 is 1.62 bits per heavy atom. The number of aromatic nitrogens is 2. The second-order valence-corrected chi connectivity index (χ2v) is 5.92. The number of carbonyl (C=O) groups is 2. The van der Waals surface area contributed by atoms with Crippen LogP contribution >= 0.6 is 0 Å². The highest BCUT2D eigenvalue weighted by atomic mass is 16.2. The zero-order chi connectivity index (χ0) is 18.7. The number of para-hydroxylation sites is 1. The first kappa shape index (κ1) is 17.7. The van der Waals surface area contributed by atoms with Crippen molar-refractivity contribution in [1.29, 1.82) is 0 Å². The number of imidazole rings is 1. The molecule has 0 N–H and O–H groups in total. The topological polar surface area (TPSA) is 57.9 Å². The van der Waals surface area contributed by atoms with E-state index < -0.39 is 0 Å². The molecule has 6 heteroatoms. The Morgan fingerprint density at radius 1 is 0.962 bits per heavy atom. The number of amides is 2. The van der Waals surface area contributed by atoms with Crippen molar-refractivity contribution in [1.82, 2.24) is 14.3 Å². The van der Waals surface area contributed by atoms with Crippen molar-refractivity contribution in [3.63, 3.8) is 0 Å². The van der Waals surface area contributed by atoms with Gasteiger partial charge in [-0.3, -0.25) is 14.0 Å². The normalized spacial score (nSPS) is 10.7. The molecule has 0 atom stereocenters. The fourth-order valence-corrected chi connectivity index (χ4v) is 2.93. The molecule has 0 aliphatic carbocycles. The smallest absolute Gasteiger partial charge is 0.294 e. The fourth-order valence-electron chi connectivity index (χ4n) is 2.93. The highest BCUT2D eigenvalue weighted by molar-refractivity contribution is 6.07. The number of anilines is 1. The molecule has 6 nitrogen and oxygen atoms in total. The molecule has 3 aromatic rings. The summed E-state index contributed by atoms with van der Waals surface area (Å²) in [4.78, 5) is 33.5. The Hall–Kier alpha value is -3.15. The van der Waals surface area contributed by atoms with Crippen LogP contribution in [0.5, 0.6) is 0 Å². The molecule has 134 valence electrons. The first-order valence-electron chi connectivity index (χ1n) is 8.67. The molecule has 3 rings (SSSR count). The predicted octanol–water partition coefficient (Wildman–Crippen LogP) is 3.09. The van der Waals surface area contributed by atoms with Crippen molar-refractivity contribution in [3.05, 3.63) is 66.2 Å². The van der Waals surface area contributed by atoms with Gasteiger partial charge in [0.1, 0.15) is 0 Å². The third-order valence-electron chi connectivity index (χ3n) is 4.44. The van der Waals surface area contributed by atoms with E-state index in [0.29, 0.717) is 24.3 Å². The SMILES string of the molecule is CCN(CC)C(=O)c1nc(C(=O)N(C)c2ccccc2)n2ccccc12. The molecule has 0 aliphatic heterocycles. The van der Waals surface area contributed by atoms with Crippen LogP contribution in [-0.2, 0) is 0 Å². The highest BCUT2D eigenvalue weighted by Crippen LogP contribution is 2.19. The van der Waals surface area contributed by atoms with Gasteiger partial charge < -0.3 is 9.80 Å². The molecule has 0 saturated heterocycles. The molecule has 0 aliphatic rings. The van der Waals surface area contributed by atoms with Gasteiger partial charge in [-0.25, -0.2) is 4.98 Å². The van der Waals surface area contributed by atoms with Gasteiger partial charge in [-0.1, -0.05) is 24.3 Å². The largest absolute Gasteiger partial charge is 0.338 e. The Balaban J connectivity index is 2.07. The van der Waals surface area contributed by atoms with Crippen LogP contribution < -0.4 is 4.90 Å². The molecule has 0 saturated carbocycles. The first-order chi connectivity index (χ1) is 12.6. The lowest BCUT2D eigenvalue weighted by atomic mass is 10.3. The third-order valence-corrected chi connectivity index (χ3v) is 4.44. The summed E-state index contributed by atoms with van der Waals surface area (Å²) in [5, 5.41) is 0. The molecule has 2 heterocycles. The Morgan fingerprint density at radius 3 is 2.27 bits per heavy atom. The monoisotopic (exact) mass is 350 g/mol. The summed E-state index contributed by atoms with van der Waals surface area (Å²) in [5.41, 5.74) is 1.70. The van der Waals surface area contributed by atoms with E-state index in [1.165, 1.54) is 4.90 Å². The van der Waals surface area contributed by atoms with Gasteiger partial charge in [0, 0.05) is 32.0 Å². The predicted molar refractivity (Wildman–Crippen MR) is 102 cm³/mol. The maximum Gasteiger partial charge on any atom is 0.294 e. The van der Waals surface area contributed by atoms with E-state index >= 15 is 0 Å². The van der Waals surface area contributed by atoms with Gasteiger partial charge in [0.25, 0.3) is 11.8 Å². The molecule has 0 spiro atoms. The van der Waals surface area contributed by atoms with Crippen molar-refractivity contribution in [3.8, 4) is 0 Å². The van der Waals surface area contributed by atoms with Crippen LogP contribution in [0.1, 0.15) is 35.0 Å². The van der Waals surface area contributed by atoms with Crippen LogP contribution in [-0.4, -0.2) is 46.2 Å². The van der Waals surface area contributed by atoms with Crippen molar-refractivity contribution in [2.75, 3.05) is 25.0 Å². The van der Waals surface area contributed by atoms with Gasteiger partial charge in [0.2, 0.25) is 5.82 Å². The van der Waals surface area contributed by atoms with E-state index in [1.807, 2.05) is 62.4 Å². The van der Waals surface area contributed by atoms with Gasteiger partial charge in [0.05, 0.1) is 5.52 Å². The number of carbonyl (C=O) groups excluding carboxylic acids is 2. The summed E-state index contributed by atoms with van der Waals surface area (Å²) in [5.74, 6) is -0.210. The molecule has 2 amide bonds. The number of fused-ring (bicyclic) bond motifs is 1. The summed E-state index contributed by atoms with van der Waals surface area (Å²) in [7, 11) is 1.70. The lowest BCUT2D eigenvalue weighted by Gasteiger charge is -2.17. The molecule has 0 fully saturated rings. The average molecular weight is 350 g/mol. The van der Waals surface area contributed by atoms with E-state index in [2.05, 4.69) is 4.98 Å². The zero-order valence-corrected chi connectivity index (χ0v) is 15.2. The summed E-state index contributed by atoms with van der Waals surface area (Å²) in [6.07, 6.45) is 1.76. The number of hydrogen-bond acceptors (Lipinski definition) is 3. The van der Waals surface area contributed by atoms with E-state index in [-0.39, 0.29) is 17.6 Å². The standard InChI is InChI=1S/C20H22N4O2/c1-4-23(5-2)19(25)17-16-13-9-10-14-24(16)18(21-17)20(26)22(3)15-11-7-6-8-12-15/h6-14H,4-5H2,1-3H3. The number of pyridine rings is 1. The van der Waals surface area contributed by atoms with E-state index in [4.69, 9.17) is 0 Å². The summed E-state index contributed by atoms with van der Waals surface area (Å²) in [6, 6.07) is 14.8. The van der Waals surface area contributed by atoms with Crippen LogP contribution in [0.15, 0.2) is 54.7 Å². The summed E-state index contributed by atoms with van der Waals surface area (Å²) < 4.78 is 1.68. The molecule has 26 heavy (non-hydrogen) atoms. The molecule has 0 bridgehead atoms. The number of nitrogens with zero attached hydrogens (tertiary/aromatic N) is 4. The fraction of sp³-hybridized carbons (Fsp3) is 0.250. The van der Waals surface area contributed by atoms with E-state index in [9.17, 15) is 9.59 Å². The number of hydrogen-bond donors (Lipinski definition) is 0. The lowest BCUT2D eigenvalue weighted by molar-refractivity contribution is 0.0769. The maximum absolute atomic E-state index is 13.0. The van der Waals surface area contributed by atoms with Crippen molar-refractivity contribution in [2.24, 2.45) is 0 Å². The average Bonchev–Trinajstić information content (AvgIpc) is 3.08. The second-order valence-electron chi connectivity index (χ2n) is 5.92. The Bertz CT molecular complexity index is 929. The minimum Gasteiger partial charge on any atom is -0.338 e. The van der Waals surface area contributed by atoms with Crippen molar-refractivity contribution < 1.29 is 9.59 Å². The van der Waals surface area contributed by atoms with Gasteiger partial charge in [0.15, 0.2) is 5.69 Å². The summed E-state index contributed by atoms with van der Waals surface area (Å²) in [6.45, 7) is 5.03. The van der Waals surface area contributed by atoms with Crippen LogP contribution in [0.25, 0.3) is 5.52 Å². The van der Waals surface area contributed by atoms with Crippen LogP contribution in [0.4, 0.5) is 5.69 Å². The van der Waals surface area contributed by atoms with Gasteiger partial charge in [-0.2, -0.15) is 0 Å². The van der Waals surface area contributed by atoms with Crippen molar-refractivity contribution in [2.45, 2.75) is 13.8 Å². The Kier molecular flexibility index (Phi) is 5.02. The van der Waals surface area contributed by atoms with E-state index in [1.54, 1.807) is 22.5 Å². The number of rotatable bonds is 5. The maximum atomic E-state index is 13.0. The molecule has 2 aromatic heterocycles. The van der Waals surface area contributed by atoms with E-state index in [0.717, 1.165) is 5.69 Å². The minimum atomic E-state index is -0.268.